The van der Waals surface area contributed by atoms with Crippen LogP contribution in [0.5, 0.6) is 0 Å². The van der Waals surface area contributed by atoms with Crippen LogP contribution in [0.25, 0.3) is 0 Å². The topological polar surface area (TPSA) is 20.2 Å². The van der Waals surface area contributed by atoms with Gasteiger partial charge in [-0.1, -0.05) is 26.2 Å². The van der Waals surface area contributed by atoms with Gasteiger partial charge in [0, 0.05) is 6.61 Å². The van der Waals surface area contributed by atoms with Crippen LogP contribution >= 0.6 is 0 Å². The van der Waals surface area contributed by atoms with Crippen molar-refractivity contribution in [2.75, 3.05) is 6.61 Å². The van der Waals surface area contributed by atoms with Crippen molar-refractivity contribution >= 4 is 23.1 Å². The van der Waals surface area contributed by atoms with Crippen molar-refractivity contribution in [1.29, 1.82) is 0 Å². The van der Waals surface area contributed by atoms with Crippen LogP contribution in [-0.2, 0) is 0 Å². The largest absolute Gasteiger partial charge is 2.00 e. The van der Waals surface area contributed by atoms with Gasteiger partial charge in [-0.15, -0.1) is 0 Å². The molecule has 0 amide bonds. The van der Waals surface area contributed by atoms with Crippen LogP contribution in [0, 0.1) is 0 Å². The molecular weight excluding hydrogens is 366 g/mol. The molecule has 0 bridgehead atoms. The second-order valence-corrected chi connectivity index (χ2v) is 1.78. The molecule has 0 radical (unpaired) electrons. The van der Waals surface area contributed by atoms with E-state index in [1.807, 2.05) is 0 Å². The van der Waals surface area contributed by atoms with Crippen molar-refractivity contribution in [2.24, 2.45) is 0 Å². The van der Waals surface area contributed by atoms with Gasteiger partial charge in [0.2, 0.25) is 0 Å². The minimum absolute atomic E-state index is 0. The number of unbranched alkanes of at least 4 members (excludes halogenated alkanes) is 3. The van der Waals surface area contributed by atoms with Crippen molar-refractivity contribution in [3.63, 3.8) is 0 Å². The molecule has 0 aromatic rings. The molecule has 0 saturated heterocycles. The first kappa shape index (κ1) is 22.8. The predicted molar refractivity (Wildman–Crippen MR) is 37.0 cm³/mol. The van der Waals surface area contributed by atoms with Crippen molar-refractivity contribution < 1.29 is 53.1 Å². The first-order valence-corrected chi connectivity index (χ1v) is 3.02. The van der Waals surface area contributed by atoms with E-state index in [0.29, 0.717) is 6.61 Å². The van der Waals surface area contributed by atoms with E-state index in [4.69, 9.17) is 5.11 Å². The number of hydrogen-bond acceptors (Lipinski definition) is 1. The Bertz CT molecular complexity index is 34.9. The van der Waals surface area contributed by atoms with Crippen molar-refractivity contribution in [3.05, 3.63) is 0 Å². The van der Waals surface area contributed by atoms with Gasteiger partial charge in [-0.2, -0.15) is 0 Å². The Morgan fingerprint density at radius 1 is 1.00 bits per heavy atom. The first-order valence-electron chi connectivity index (χ1n) is 3.02. The van der Waals surface area contributed by atoms with Crippen molar-refractivity contribution in [3.8, 4) is 0 Å². The van der Waals surface area contributed by atoms with Crippen LogP contribution in [0.2, 0.25) is 0 Å². The molecule has 0 aromatic heterocycles. The van der Waals surface area contributed by atoms with Crippen molar-refractivity contribution in [1.82, 2.24) is 0 Å². The van der Waals surface area contributed by atoms with E-state index in [1.54, 1.807) is 0 Å². The molecule has 4 heteroatoms. The maximum absolute atomic E-state index is 8.29. The molecule has 0 unspecified atom stereocenters. The summed E-state index contributed by atoms with van der Waals surface area (Å²) >= 11 is 0. The second kappa shape index (κ2) is 22.5. The smallest absolute Gasteiger partial charge is 1.00 e. The zero-order valence-electron chi connectivity index (χ0n) is 6.45. The minimum Gasteiger partial charge on any atom is -1.00 e. The minimum atomic E-state index is 0. The average molecular weight is 380 g/mol. The number of halogens is 2. The molecule has 1 nitrogen and oxygen atoms in total. The van der Waals surface area contributed by atoms with Gasteiger partial charge in [-0.25, -0.2) is 0 Å². The average Bonchev–Trinajstić information content (AvgIpc) is 1.69. The van der Waals surface area contributed by atoms with E-state index < -0.39 is 0 Å². The standard InChI is InChI=1S/C6H14O.2HI.Mg/c1-2-3-4-5-6-7;;;/h7H,2-6H2,1H3;2*1H;/q;;;+2/p-2. The number of rotatable bonds is 4. The van der Waals surface area contributed by atoms with Gasteiger partial charge < -0.3 is 53.1 Å². The van der Waals surface area contributed by atoms with E-state index in [1.165, 1.54) is 19.3 Å². The monoisotopic (exact) mass is 380 g/mol. The molecule has 0 fully saturated rings. The van der Waals surface area contributed by atoms with Gasteiger partial charge in [0.15, 0.2) is 0 Å². The van der Waals surface area contributed by atoms with E-state index in [2.05, 4.69) is 6.92 Å². The molecule has 0 saturated carbocycles. The van der Waals surface area contributed by atoms with Crippen LogP contribution in [0.3, 0.4) is 0 Å². The van der Waals surface area contributed by atoms with Gasteiger partial charge in [0.25, 0.3) is 0 Å². The molecule has 0 rings (SSSR count). The third-order valence-electron chi connectivity index (χ3n) is 1.01. The van der Waals surface area contributed by atoms with Crippen LogP contribution in [0.15, 0.2) is 0 Å². The van der Waals surface area contributed by atoms with E-state index >= 15 is 0 Å². The van der Waals surface area contributed by atoms with E-state index in [-0.39, 0.29) is 71.0 Å². The molecule has 0 aliphatic carbocycles. The Kier molecular flexibility index (Phi) is 51.1. The molecule has 1 N–H and O–H groups in total. The zero-order chi connectivity index (χ0) is 5.54. The zero-order valence-corrected chi connectivity index (χ0v) is 12.2. The van der Waals surface area contributed by atoms with Gasteiger partial charge in [0.1, 0.15) is 0 Å². The van der Waals surface area contributed by atoms with E-state index in [0.717, 1.165) is 6.42 Å². The van der Waals surface area contributed by atoms with Crippen molar-refractivity contribution in [2.45, 2.75) is 32.6 Å². The van der Waals surface area contributed by atoms with Crippen LogP contribution < -0.4 is 48.0 Å². The summed E-state index contributed by atoms with van der Waals surface area (Å²) in [6.07, 6.45) is 4.68. The molecule has 0 aliphatic heterocycles. The molecule has 10 heavy (non-hydrogen) atoms. The summed E-state index contributed by atoms with van der Waals surface area (Å²) in [5.74, 6) is 0. The summed E-state index contributed by atoms with van der Waals surface area (Å²) in [6.45, 7) is 2.53. The fourth-order valence-corrected chi connectivity index (χ4v) is 0.539. The van der Waals surface area contributed by atoms with Crippen LogP contribution in [-0.4, -0.2) is 34.8 Å². The third-order valence-corrected chi connectivity index (χ3v) is 1.01. The van der Waals surface area contributed by atoms with Gasteiger partial charge in [0.05, 0.1) is 0 Å². The molecule has 0 spiro atoms. The molecule has 0 heterocycles. The quantitative estimate of drug-likeness (QED) is 0.295. The Labute approximate surface area is 114 Å². The Balaban J connectivity index is -0.0000000600. The Hall–Kier alpha value is 2.19. The fourth-order valence-electron chi connectivity index (χ4n) is 0.539. The summed E-state index contributed by atoms with van der Waals surface area (Å²) in [4.78, 5) is 0. The fraction of sp³-hybridized carbons (Fsp3) is 1.00. The maximum atomic E-state index is 8.29. The Morgan fingerprint density at radius 2 is 1.50 bits per heavy atom. The number of aliphatic hydroxyl groups is 1. The molecule has 0 atom stereocenters. The van der Waals surface area contributed by atoms with Gasteiger partial charge in [-0.05, 0) is 6.42 Å². The maximum Gasteiger partial charge on any atom is 2.00 e. The second-order valence-electron chi connectivity index (χ2n) is 1.78. The normalized spacial score (nSPS) is 6.60. The molecular formula is C6H14I2MgO. The summed E-state index contributed by atoms with van der Waals surface area (Å²) in [6, 6.07) is 0. The predicted octanol–water partition coefficient (Wildman–Crippen LogP) is -4.81. The van der Waals surface area contributed by atoms with Gasteiger partial charge >= 0.3 is 23.1 Å². The number of hydrogen-bond donors (Lipinski definition) is 1. The molecule has 0 aromatic carbocycles. The SMILES string of the molecule is CCCCCCO.[I-].[I-].[Mg+2]. The summed E-state index contributed by atoms with van der Waals surface area (Å²) in [5, 5.41) is 8.29. The third kappa shape index (κ3) is 22.5. The van der Waals surface area contributed by atoms with Crippen LogP contribution in [0.1, 0.15) is 32.6 Å². The van der Waals surface area contributed by atoms with E-state index in [9.17, 15) is 0 Å². The molecule has 0 aliphatic rings. The summed E-state index contributed by atoms with van der Waals surface area (Å²) < 4.78 is 0. The summed E-state index contributed by atoms with van der Waals surface area (Å²) in [5.41, 5.74) is 0. The van der Waals surface area contributed by atoms with Crippen LogP contribution in [0.4, 0.5) is 0 Å². The Morgan fingerprint density at radius 3 is 1.80 bits per heavy atom. The van der Waals surface area contributed by atoms with Gasteiger partial charge in [-0.3, -0.25) is 0 Å². The number of aliphatic hydroxyl groups excluding tert-OH is 1. The summed E-state index contributed by atoms with van der Waals surface area (Å²) in [7, 11) is 0. The molecule has 60 valence electrons. The first-order chi connectivity index (χ1) is 3.41.